The van der Waals surface area contributed by atoms with Crippen LogP contribution in [0, 0.1) is 0 Å². The van der Waals surface area contributed by atoms with Gasteiger partial charge in [-0.3, -0.25) is 0 Å². The molecule has 0 atom stereocenters. The Morgan fingerprint density at radius 1 is 0.957 bits per heavy atom. The lowest BCUT2D eigenvalue weighted by Gasteiger charge is -2.18. The summed E-state index contributed by atoms with van der Waals surface area (Å²) in [6.07, 6.45) is 1.87. The molecule has 1 aliphatic heterocycles. The van der Waals surface area contributed by atoms with E-state index in [1.807, 2.05) is 18.3 Å². The quantitative estimate of drug-likeness (QED) is 0.936. The van der Waals surface area contributed by atoms with Gasteiger partial charge in [0.1, 0.15) is 5.82 Å². The molecule has 0 saturated carbocycles. The number of benzene rings is 1. The Bertz CT molecular complexity index is 716. The van der Waals surface area contributed by atoms with E-state index in [2.05, 4.69) is 30.2 Å². The van der Waals surface area contributed by atoms with E-state index < -0.39 is 0 Å². The van der Waals surface area contributed by atoms with Crippen LogP contribution in [-0.4, -0.2) is 32.9 Å². The minimum absolute atomic E-state index is 0.0684. The molecule has 0 spiro atoms. The van der Waals surface area contributed by atoms with Gasteiger partial charge in [-0.25, -0.2) is 4.98 Å². The van der Waals surface area contributed by atoms with Crippen molar-refractivity contribution in [1.82, 2.24) is 4.98 Å². The van der Waals surface area contributed by atoms with E-state index >= 15 is 0 Å². The van der Waals surface area contributed by atoms with Crippen LogP contribution < -0.4 is 19.5 Å². The third-order valence-corrected chi connectivity index (χ3v) is 4.31. The molecule has 5 nitrogen and oxygen atoms in total. The van der Waals surface area contributed by atoms with Crippen molar-refractivity contribution in [3.05, 3.63) is 30.0 Å². The maximum atomic E-state index is 5.44. The first-order valence-corrected chi connectivity index (χ1v) is 7.55. The zero-order valence-electron chi connectivity index (χ0n) is 14.2. The fourth-order valence-electron chi connectivity index (χ4n) is 2.93. The molecule has 0 bridgehead atoms. The number of hydrogen-bond donors (Lipinski definition) is 1. The lowest BCUT2D eigenvalue weighted by atomic mass is 9.87. The smallest absolute Gasteiger partial charge is 0.203 e. The van der Waals surface area contributed by atoms with Crippen molar-refractivity contribution in [3.8, 4) is 28.4 Å². The van der Waals surface area contributed by atoms with Gasteiger partial charge in [-0.05, 0) is 23.8 Å². The van der Waals surface area contributed by atoms with Gasteiger partial charge in [0.2, 0.25) is 5.75 Å². The number of methoxy groups -OCH3 is 3. The van der Waals surface area contributed by atoms with Crippen molar-refractivity contribution in [2.45, 2.75) is 19.3 Å². The SMILES string of the molecule is COc1cc(-c2cnc3c(c2)C(C)(C)CN3)cc(OC)c1OC. The van der Waals surface area contributed by atoms with Gasteiger partial charge >= 0.3 is 0 Å². The second-order valence-electron chi connectivity index (χ2n) is 6.27. The zero-order chi connectivity index (χ0) is 16.6. The first-order valence-electron chi connectivity index (χ1n) is 7.55. The van der Waals surface area contributed by atoms with Gasteiger partial charge in [0.25, 0.3) is 0 Å². The average Bonchev–Trinajstić information content (AvgIpc) is 2.88. The second kappa shape index (κ2) is 5.65. The van der Waals surface area contributed by atoms with Crippen LogP contribution in [0.15, 0.2) is 24.4 Å². The standard InChI is InChI=1S/C18H22N2O3/c1-18(2)10-20-17-13(18)6-12(9-19-17)11-7-14(21-3)16(23-5)15(8-11)22-4/h6-9H,10H2,1-5H3,(H,19,20). The molecule has 1 aliphatic rings. The first kappa shape index (κ1) is 15.5. The summed E-state index contributed by atoms with van der Waals surface area (Å²) in [6, 6.07) is 6.07. The molecule has 2 aromatic rings. The number of nitrogens with zero attached hydrogens (tertiary/aromatic N) is 1. The molecule has 1 N–H and O–H groups in total. The maximum Gasteiger partial charge on any atom is 0.203 e. The van der Waals surface area contributed by atoms with Crippen LogP contribution in [0.25, 0.3) is 11.1 Å². The van der Waals surface area contributed by atoms with Crippen molar-refractivity contribution >= 4 is 5.82 Å². The zero-order valence-corrected chi connectivity index (χ0v) is 14.2. The highest BCUT2D eigenvalue weighted by Gasteiger charge is 2.31. The van der Waals surface area contributed by atoms with Crippen LogP contribution in [0.4, 0.5) is 5.82 Å². The predicted octanol–water partition coefficient (Wildman–Crippen LogP) is 3.48. The molecule has 3 rings (SSSR count). The van der Waals surface area contributed by atoms with Gasteiger partial charge in [-0.15, -0.1) is 0 Å². The number of pyridine rings is 1. The monoisotopic (exact) mass is 314 g/mol. The van der Waals surface area contributed by atoms with Gasteiger partial charge < -0.3 is 19.5 Å². The van der Waals surface area contributed by atoms with Crippen molar-refractivity contribution in [1.29, 1.82) is 0 Å². The van der Waals surface area contributed by atoms with Crippen molar-refractivity contribution in [2.24, 2.45) is 0 Å². The normalized spacial score (nSPS) is 14.8. The summed E-state index contributed by atoms with van der Waals surface area (Å²) in [7, 11) is 4.84. The average molecular weight is 314 g/mol. The molecule has 0 unspecified atom stereocenters. The summed E-state index contributed by atoms with van der Waals surface area (Å²) in [6.45, 7) is 5.33. The molecule has 1 aromatic carbocycles. The first-order chi connectivity index (χ1) is 11.0. The number of hydrogen-bond acceptors (Lipinski definition) is 5. The lowest BCUT2D eigenvalue weighted by molar-refractivity contribution is 0.324. The van der Waals surface area contributed by atoms with E-state index in [1.54, 1.807) is 21.3 Å². The molecule has 0 saturated heterocycles. The fourth-order valence-corrected chi connectivity index (χ4v) is 2.93. The van der Waals surface area contributed by atoms with Crippen LogP contribution in [-0.2, 0) is 5.41 Å². The number of ether oxygens (including phenoxy) is 3. The molecule has 122 valence electrons. The third-order valence-electron chi connectivity index (χ3n) is 4.31. The van der Waals surface area contributed by atoms with E-state index in [9.17, 15) is 0 Å². The highest BCUT2D eigenvalue weighted by Crippen LogP contribution is 2.43. The summed E-state index contributed by atoms with van der Waals surface area (Å²) >= 11 is 0. The van der Waals surface area contributed by atoms with Crippen molar-refractivity contribution < 1.29 is 14.2 Å². The maximum absolute atomic E-state index is 5.44. The Morgan fingerprint density at radius 2 is 1.61 bits per heavy atom. The molecule has 23 heavy (non-hydrogen) atoms. The van der Waals surface area contributed by atoms with Crippen LogP contribution in [0.2, 0.25) is 0 Å². The van der Waals surface area contributed by atoms with Gasteiger partial charge in [0.15, 0.2) is 11.5 Å². The van der Waals surface area contributed by atoms with Crippen LogP contribution >= 0.6 is 0 Å². The van der Waals surface area contributed by atoms with E-state index in [0.29, 0.717) is 17.2 Å². The van der Waals surface area contributed by atoms with Gasteiger partial charge in [-0.1, -0.05) is 13.8 Å². The molecule has 0 amide bonds. The van der Waals surface area contributed by atoms with Crippen LogP contribution in [0.1, 0.15) is 19.4 Å². The second-order valence-corrected chi connectivity index (χ2v) is 6.27. The van der Waals surface area contributed by atoms with Gasteiger partial charge in [-0.2, -0.15) is 0 Å². The van der Waals surface area contributed by atoms with Crippen molar-refractivity contribution in [3.63, 3.8) is 0 Å². The Hall–Kier alpha value is -2.43. The van der Waals surface area contributed by atoms with Crippen molar-refractivity contribution in [2.75, 3.05) is 33.2 Å². The predicted molar refractivity (Wildman–Crippen MR) is 90.8 cm³/mol. The van der Waals surface area contributed by atoms with Crippen LogP contribution in [0.3, 0.4) is 0 Å². The summed E-state index contributed by atoms with van der Waals surface area (Å²) < 4.78 is 16.3. The Morgan fingerprint density at radius 3 is 2.17 bits per heavy atom. The molecule has 0 radical (unpaired) electrons. The summed E-state index contributed by atoms with van der Waals surface area (Å²) in [4.78, 5) is 4.56. The summed E-state index contributed by atoms with van der Waals surface area (Å²) in [5.74, 6) is 2.83. The van der Waals surface area contributed by atoms with E-state index in [0.717, 1.165) is 23.5 Å². The minimum Gasteiger partial charge on any atom is -0.493 e. The Balaban J connectivity index is 2.13. The van der Waals surface area contributed by atoms with Gasteiger partial charge in [0, 0.05) is 29.3 Å². The van der Waals surface area contributed by atoms with E-state index in [-0.39, 0.29) is 5.41 Å². The number of nitrogens with one attached hydrogen (secondary N) is 1. The molecule has 1 aromatic heterocycles. The molecule has 5 heteroatoms. The fraction of sp³-hybridized carbons (Fsp3) is 0.389. The van der Waals surface area contributed by atoms with Gasteiger partial charge in [0.05, 0.1) is 21.3 Å². The largest absolute Gasteiger partial charge is 0.493 e. The molecular weight excluding hydrogens is 292 g/mol. The summed E-state index contributed by atoms with van der Waals surface area (Å²) in [5, 5.41) is 3.35. The molecule has 0 aliphatic carbocycles. The third kappa shape index (κ3) is 2.56. The number of fused-ring (bicyclic) bond motifs is 1. The lowest BCUT2D eigenvalue weighted by Crippen LogP contribution is -2.18. The molecule has 0 fully saturated rings. The van der Waals surface area contributed by atoms with Crippen LogP contribution in [0.5, 0.6) is 17.2 Å². The topological polar surface area (TPSA) is 52.6 Å². The Labute approximate surface area is 136 Å². The van der Waals surface area contributed by atoms with E-state index in [4.69, 9.17) is 14.2 Å². The highest BCUT2D eigenvalue weighted by atomic mass is 16.5. The number of rotatable bonds is 4. The highest BCUT2D eigenvalue weighted by molar-refractivity contribution is 5.73. The minimum atomic E-state index is 0.0684. The molecular formula is C18H22N2O3. The summed E-state index contributed by atoms with van der Waals surface area (Å²) in [5.41, 5.74) is 3.31. The van der Waals surface area contributed by atoms with E-state index in [1.165, 1.54) is 5.56 Å². The number of anilines is 1. The number of aromatic nitrogens is 1. The Kier molecular flexibility index (Phi) is 3.80. The molecule has 2 heterocycles.